The van der Waals surface area contributed by atoms with Gasteiger partial charge in [-0.05, 0) is 44.5 Å². The average molecular weight is 292 g/mol. The first-order valence-corrected chi connectivity index (χ1v) is 7.33. The van der Waals surface area contributed by atoms with Crippen LogP contribution in [0.4, 0.5) is 0 Å². The van der Waals surface area contributed by atoms with Crippen molar-refractivity contribution in [2.75, 3.05) is 20.7 Å². The van der Waals surface area contributed by atoms with E-state index in [2.05, 4.69) is 10.2 Å². The Hall–Kier alpha value is -1.59. The minimum absolute atomic E-state index is 0.0514. The maximum atomic E-state index is 11.9. The second-order valence-electron chi connectivity index (χ2n) is 5.72. The summed E-state index contributed by atoms with van der Waals surface area (Å²) in [6.07, 6.45) is 1.62. The van der Waals surface area contributed by atoms with Gasteiger partial charge >= 0.3 is 0 Å². The van der Waals surface area contributed by atoms with Crippen LogP contribution in [0, 0.1) is 0 Å². The molecule has 0 aromatic heterocycles. The molecule has 1 fully saturated rings. The Bertz CT molecular complexity index is 471. The summed E-state index contributed by atoms with van der Waals surface area (Å²) in [6.45, 7) is 2.19. The number of benzene rings is 1. The van der Waals surface area contributed by atoms with E-state index in [9.17, 15) is 9.90 Å². The molecule has 0 heterocycles. The molecule has 1 aromatic carbocycles. The van der Waals surface area contributed by atoms with Crippen LogP contribution in [0.3, 0.4) is 0 Å². The van der Waals surface area contributed by atoms with Crippen LogP contribution >= 0.6 is 0 Å². The van der Waals surface area contributed by atoms with Crippen molar-refractivity contribution in [3.63, 3.8) is 0 Å². The molecule has 116 valence electrons. The molecule has 1 aromatic rings. The van der Waals surface area contributed by atoms with Crippen molar-refractivity contribution < 1.29 is 14.6 Å². The average Bonchev–Trinajstić information content (AvgIpc) is 3.31. The number of hydrogen-bond donors (Lipinski definition) is 2. The SMILES string of the molecule is COc1ccc(C(O)C(C)NC(=O)CN(C)C2CC2)cc1. The fourth-order valence-electron chi connectivity index (χ4n) is 2.34. The fourth-order valence-corrected chi connectivity index (χ4v) is 2.34. The monoisotopic (exact) mass is 292 g/mol. The van der Waals surface area contributed by atoms with Gasteiger partial charge in [0.15, 0.2) is 0 Å². The smallest absolute Gasteiger partial charge is 0.234 e. The van der Waals surface area contributed by atoms with Crippen LogP contribution in [0.2, 0.25) is 0 Å². The van der Waals surface area contributed by atoms with Gasteiger partial charge in [0.2, 0.25) is 5.91 Å². The summed E-state index contributed by atoms with van der Waals surface area (Å²) in [4.78, 5) is 14.0. The Morgan fingerprint density at radius 3 is 2.57 bits per heavy atom. The molecule has 1 aliphatic rings. The number of likely N-dealkylation sites (N-methyl/N-ethyl adjacent to an activating group) is 1. The van der Waals surface area contributed by atoms with Crippen molar-refractivity contribution >= 4 is 5.91 Å². The molecular formula is C16H24N2O3. The molecule has 2 rings (SSSR count). The van der Waals surface area contributed by atoms with E-state index in [0.29, 0.717) is 12.6 Å². The van der Waals surface area contributed by atoms with Crippen LogP contribution in [-0.2, 0) is 4.79 Å². The largest absolute Gasteiger partial charge is 0.497 e. The van der Waals surface area contributed by atoms with Crippen molar-refractivity contribution in [1.82, 2.24) is 10.2 Å². The number of carbonyl (C=O) groups excluding carboxylic acids is 1. The van der Waals surface area contributed by atoms with E-state index in [1.807, 2.05) is 26.1 Å². The van der Waals surface area contributed by atoms with E-state index < -0.39 is 6.10 Å². The maximum Gasteiger partial charge on any atom is 0.234 e. The Morgan fingerprint density at radius 1 is 1.43 bits per heavy atom. The van der Waals surface area contributed by atoms with E-state index in [-0.39, 0.29) is 11.9 Å². The number of aliphatic hydroxyl groups excluding tert-OH is 1. The highest BCUT2D eigenvalue weighted by Crippen LogP contribution is 2.25. The van der Waals surface area contributed by atoms with Gasteiger partial charge in [-0.3, -0.25) is 9.69 Å². The second-order valence-corrected chi connectivity index (χ2v) is 5.72. The summed E-state index contributed by atoms with van der Waals surface area (Å²) in [6, 6.07) is 7.43. The predicted octanol–water partition coefficient (Wildman–Crippen LogP) is 1.33. The number of ether oxygens (including phenoxy) is 1. The normalized spacial score (nSPS) is 17.4. The quantitative estimate of drug-likeness (QED) is 0.796. The number of rotatable bonds is 7. The van der Waals surface area contributed by atoms with Crippen LogP contribution < -0.4 is 10.1 Å². The van der Waals surface area contributed by atoms with Gasteiger partial charge in [-0.25, -0.2) is 0 Å². The minimum atomic E-state index is -0.730. The van der Waals surface area contributed by atoms with Gasteiger partial charge in [-0.15, -0.1) is 0 Å². The zero-order chi connectivity index (χ0) is 15.4. The Labute approximate surface area is 125 Å². The predicted molar refractivity (Wildman–Crippen MR) is 81.2 cm³/mol. The van der Waals surface area contributed by atoms with Gasteiger partial charge in [0.1, 0.15) is 5.75 Å². The molecule has 21 heavy (non-hydrogen) atoms. The molecule has 1 aliphatic carbocycles. The lowest BCUT2D eigenvalue weighted by Gasteiger charge is -2.22. The van der Waals surface area contributed by atoms with Crippen molar-refractivity contribution in [1.29, 1.82) is 0 Å². The van der Waals surface area contributed by atoms with Crippen LogP contribution in [0.15, 0.2) is 24.3 Å². The number of methoxy groups -OCH3 is 1. The number of aliphatic hydroxyl groups is 1. The first-order chi connectivity index (χ1) is 10.0. The molecular weight excluding hydrogens is 268 g/mol. The molecule has 5 nitrogen and oxygen atoms in total. The van der Waals surface area contributed by atoms with E-state index in [1.165, 1.54) is 12.8 Å². The van der Waals surface area contributed by atoms with Crippen LogP contribution in [0.5, 0.6) is 5.75 Å². The third kappa shape index (κ3) is 4.44. The first kappa shape index (κ1) is 15.8. The number of carbonyl (C=O) groups is 1. The van der Waals surface area contributed by atoms with E-state index in [0.717, 1.165) is 11.3 Å². The lowest BCUT2D eigenvalue weighted by atomic mass is 10.0. The molecule has 0 spiro atoms. The molecule has 2 N–H and O–H groups in total. The van der Waals surface area contributed by atoms with Gasteiger partial charge in [0.05, 0.1) is 25.8 Å². The van der Waals surface area contributed by atoms with E-state index >= 15 is 0 Å². The molecule has 5 heteroatoms. The molecule has 1 saturated carbocycles. The van der Waals surface area contributed by atoms with Crippen LogP contribution in [0.25, 0.3) is 0 Å². The lowest BCUT2D eigenvalue weighted by molar-refractivity contribution is -0.123. The highest BCUT2D eigenvalue weighted by atomic mass is 16.5. The Kier molecular flexibility index (Phi) is 5.20. The first-order valence-electron chi connectivity index (χ1n) is 7.33. The van der Waals surface area contributed by atoms with Gasteiger partial charge in [-0.1, -0.05) is 12.1 Å². The summed E-state index contributed by atoms with van der Waals surface area (Å²) in [5.41, 5.74) is 0.763. The topological polar surface area (TPSA) is 61.8 Å². The van der Waals surface area contributed by atoms with Crippen molar-refractivity contribution in [2.45, 2.75) is 38.0 Å². The van der Waals surface area contributed by atoms with Crippen LogP contribution in [0.1, 0.15) is 31.4 Å². The molecule has 0 saturated heterocycles. The highest BCUT2D eigenvalue weighted by molar-refractivity contribution is 5.78. The summed E-state index contributed by atoms with van der Waals surface area (Å²) in [5.74, 6) is 0.693. The van der Waals surface area contributed by atoms with Gasteiger partial charge in [0, 0.05) is 6.04 Å². The molecule has 2 unspecified atom stereocenters. The standard InChI is InChI=1S/C16H24N2O3/c1-11(17-15(19)10-18(2)13-6-7-13)16(20)12-4-8-14(21-3)9-5-12/h4-5,8-9,11,13,16,20H,6-7,10H2,1-3H3,(H,17,19). The molecule has 0 bridgehead atoms. The molecule has 2 atom stereocenters. The van der Waals surface area contributed by atoms with Gasteiger partial charge in [-0.2, -0.15) is 0 Å². The lowest BCUT2D eigenvalue weighted by Crippen LogP contribution is -2.42. The van der Waals surface area contributed by atoms with Gasteiger partial charge < -0.3 is 15.2 Å². The molecule has 1 amide bonds. The van der Waals surface area contributed by atoms with Crippen molar-refractivity contribution in [3.05, 3.63) is 29.8 Å². The number of hydrogen-bond acceptors (Lipinski definition) is 4. The zero-order valence-electron chi connectivity index (χ0n) is 12.9. The highest BCUT2D eigenvalue weighted by Gasteiger charge is 2.28. The van der Waals surface area contributed by atoms with Crippen molar-refractivity contribution in [2.24, 2.45) is 0 Å². The summed E-state index contributed by atoms with van der Waals surface area (Å²) in [7, 11) is 3.56. The van der Waals surface area contributed by atoms with E-state index in [1.54, 1.807) is 19.2 Å². The third-order valence-corrected chi connectivity index (χ3v) is 3.88. The number of nitrogens with zero attached hydrogens (tertiary/aromatic N) is 1. The Balaban J connectivity index is 1.85. The van der Waals surface area contributed by atoms with Crippen LogP contribution in [-0.4, -0.2) is 48.7 Å². The number of nitrogens with one attached hydrogen (secondary N) is 1. The van der Waals surface area contributed by atoms with Crippen molar-refractivity contribution in [3.8, 4) is 5.75 Å². The zero-order valence-corrected chi connectivity index (χ0v) is 12.9. The fraction of sp³-hybridized carbons (Fsp3) is 0.562. The Morgan fingerprint density at radius 2 is 2.05 bits per heavy atom. The molecule has 0 aliphatic heterocycles. The summed E-state index contributed by atoms with van der Waals surface area (Å²) in [5, 5.41) is 13.1. The second kappa shape index (κ2) is 6.91. The van der Waals surface area contributed by atoms with Gasteiger partial charge in [0.25, 0.3) is 0 Å². The molecule has 0 radical (unpaired) electrons. The minimum Gasteiger partial charge on any atom is -0.497 e. The third-order valence-electron chi connectivity index (χ3n) is 3.88. The van der Waals surface area contributed by atoms with E-state index in [4.69, 9.17) is 4.74 Å². The summed E-state index contributed by atoms with van der Waals surface area (Å²) >= 11 is 0. The number of amides is 1. The summed E-state index contributed by atoms with van der Waals surface area (Å²) < 4.78 is 5.09. The maximum absolute atomic E-state index is 11.9.